The molecule has 0 spiro atoms. The van der Waals surface area contributed by atoms with Crippen molar-refractivity contribution in [1.29, 1.82) is 0 Å². The Morgan fingerprint density at radius 3 is 2.68 bits per heavy atom. The van der Waals surface area contributed by atoms with Crippen molar-refractivity contribution in [2.75, 3.05) is 25.5 Å². The zero-order chi connectivity index (χ0) is 26.0. The Morgan fingerprint density at radius 2 is 1.97 bits per heavy atom. The minimum absolute atomic E-state index is 0.134. The molecule has 4 aromatic rings. The van der Waals surface area contributed by atoms with Gasteiger partial charge in [-0.3, -0.25) is 4.98 Å². The molecule has 11 heteroatoms. The fourth-order valence-corrected chi connectivity index (χ4v) is 6.54. The molecule has 0 atom stereocenters. The van der Waals surface area contributed by atoms with Gasteiger partial charge in [-0.1, -0.05) is 19.1 Å². The number of nitrogens with one attached hydrogen (secondary N) is 1. The van der Waals surface area contributed by atoms with Gasteiger partial charge in [0.1, 0.15) is 11.6 Å². The third-order valence-corrected chi connectivity index (χ3v) is 9.25. The van der Waals surface area contributed by atoms with Gasteiger partial charge in [-0.15, -0.1) is 0 Å². The first-order valence-corrected chi connectivity index (χ1v) is 14.5. The van der Waals surface area contributed by atoms with Gasteiger partial charge in [0.05, 0.1) is 22.7 Å². The van der Waals surface area contributed by atoms with E-state index in [0.717, 1.165) is 39.2 Å². The third-order valence-electron chi connectivity index (χ3n) is 6.79. The molecule has 1 saturated heterocycles. The molecule has 37 heavy (non-hydrogen) atoms. The second kappa shape index (κ2) is 10.8. The molecular formula is C26H29BrN6O3S. The molecule has 0 aliphatic carbocycles. The average Bonchev–Trinajstić information content (AvgIpc) is 3.32. The molecule has 1 aromatic carbocycles. The quantitative estimate of drug-likeness (QED) is 0.322. The van der Waals surface area contributed by atoms with Crippen molar-refractivity contribution in [3.8, 4) is 5.75 Å². The van der Waals surface area contributed by atoms with Gasteiger partial charge in [-0.25, -0.2) is 13.4 Å². The Balaban J connectivity index is 1.35. The van der Waals surface area contributed by atoms with E-state index in [4.69, 9.17) is 9.72 Å². The second-order valence-electron chi connectivity index (χ2n) is 9.01. The smallest absolute Gasteiger partial charge is 0.243 e. The predicted octanol–water partition coefficient (Wildman–Crippen LogP) is 4.64. The van der Waals surface area contributed by atoms with Gasteiger partial charge in [0.15, 0.2) is 5.65 Å². The average molecular weight is 586 g/mol. The molecule has 1 fully saturated rings. The Bertz CT molecular complexity index is 1500. The number of aromatic nitrogens is 4. The summed E-state index contributed by atoms with van der Waals surface area (Å²) < 4.78 is 36.3. The van der Waals surface area contributed by atoms with Crippen molar-refractivity contribution >= 4 is 37.4 Å². The van der Waals surface area contributed by atoms with Gasteiger partial charge in [0, 0.05) is 55.8 Å². The van der Waals surface area contributed by atoms with E-state index in [9.17, 15) is 8.42 Å². The minimum atomic E-state index is -3.61. The van der Waals surface area contributed by atoms with E-state index in [1.165, 1.54) is 0 Å². The zero-order valence-corrected chi connectivity index (χ0v) is 23.2. The van der Waals surface area contributed by atoms with Crippen LogP contribution in [0.25, 0.3) is 5.65 Å². The number of fused-ring (bicyclic) bond motifs is 1. The lowest BCUT2D eigenvalue weighted by Gasteiger charge is -2.31. The lowest BCUT2D eigenvalue weighted by molar-refractivity contribution is 0.316. The van der Waals surface area contributed by atoms with Gasteiger partial charge in [0.2, 0.25) is 10.0 Å². The van der Waals surface area contributed by atoms with Crippen molar-refractivity contribution in [3.05, 3.63) is 76.3 Å². The van der Waals surface area contributed by atoms with Gasteiger partial charge < -0.3 is 10.1 Å². The van der Waals surface area contributed by atoms with Crippen LogP contribution in [-0.4, -0.2) is 52.5 Å². The van der Waals surface area contributed by atoms with Crippen LogP contribution in [-0.2, 0) is 23.0 Å². The molecule has 5 rings (SSSR count). The number of sulfonamides is 1. The molecule has 0 saturated carbocycles. The van der Waals surface area contributed by atoms with Crippen molar-refractivity contribution in [1.82, 2.24) is 23.9 Å². The highest BCUT2D eigenvalue weighted by molar-refractivity contribution is 9.10. The van der Waals surface area contributed by atoms with E-state index in [0.29, 0.717) is 38.2 Å². The van der Waals surface area contributed by atoms with Crippen LogP contribution in [0.2, 0.25) is 0 Å². The molecule has 4 heterocycles. The zero-order valence-electron chi connectivity index (χ0n) is 20.8. The number of anilines is 1. The lowest BCUT2D eigenvalue weighted by Crippen LogP contribution is -2.38. The van der Waals surface area contributed by atoms with E-state index in [1.54, 1.807) is 40.5 Å². The lowest BCUT2D eigenvalue weighted by atomic mass is 9.94. The molecule has 3 aromatic heterocycles. The number of rotatable bonds is 8. The van der Waals surface area contributed by atoms with Crippen LogP contribution in [0.5, 0.6) is 5.75 Å². The summed E-state index contributed by atoms with van der Waals surface area (Å²) >= 11 is 3.56. The first-order chi connectivity index (χ1) is 17.9. The van der Waals surface area contributed by atoms with Crippen molar-refractivity contribution in [2.45, 2.75) is 43.5 Å². The van der Waals surface area contributed by atoms with Gasteiger partial charge >= 0.3 is 0 Å². The number of nitrogens with zero attached hydrogens (tertiary/aromatic N) is 5. The summed E-state index contributed by atoms with van der Waals surface area (Å²) in [6, 6.07) is 11.1. The maximum atomic E-state index is 13.4. The van der Waals surface area contributed by atoms with Gasteiger partial charge in [-0.05, 0) is 58.5 Å². The number of benzene rings is 1. The molecular weight excluding hydrogens is 556 g/mol. The number of ether oxygens (including phenoxy) is 1. The second-order valence-corrected chi connectivity index (χ2v) is 11.8. The third kappa shape index (κ3) is 5.21. The normalized spacial score (nSPS) is 15.2. The molecule has 0 bridgehead atoms. The molecule has 1 aliphatic heterocycles. The molecule has 0 unspecified atom stereocenters. The minimum Gasteiger partial charge on any atom is -0.496 e. The van der Waals surface area contributed by atoms with E-state index in [1.807, 2.05) is 37.4 Å². The number of halogens is 1. The largest absolute Gasteiger partial charge is 0.496 e. The van der Waals surface area contributed by atoms with Crippen molar-refractivity contribution in [3.63, 3.8) is 0 Å². The number of methoxy groups -OCH3 is 1. The SMILES string of the molecule is CCc1ccc(S(=O)(=O)N2CCC(c3cc(NCc4cccnc4)n4ncc(Br)c4n3)CC2)cc1OC. The molecule has 0 radical (unpaired) electrons. The molecule has 9 nitrogen and oxygen atoms in total. The molecule has 194 valence electrons. The summed E-state index contributed by atoms with van der Waals surface area (Å²) in [5.41, 5.74) is 3.70. The van der Waals surface area contributed by atoms with Crippen molar-refractivity contribution in [2.24, 2.45) is 0 Å². The number of piperidine rings is 1. The molecule has 1 N–H and O–H groups in total. The van der Waals surface area contributed by atoms with Crippen LogP contribution in [0.1, 0.15) is 42.5 Å². The predicted molar refractivity (Wildman–Crippen MR) is 145 cm³/mol. The highest BCUT2D eigenvalue weighted by Gasteiger charge is 2.31. The van der Waals surface area contributed by atoms with Crippen LogP contribution >= 0.6 is 15.9 Å². The molecule has 1 aliphatic rings. The summed E-state index contributed by atoms with van der Waals surface area (Å²) in [6.45, 7) is 3.47. The summed E-state index contributed by atoms with van der Waals surface area (Å²) in [5, 5.41) is 7.91. The number of aryl methyl sites for hydroxylation is 1. The Labute approximate surface area is 225 Å². The fourth-order valence-electron chi connectivity index (χ4n) is 4.70. The number of hydrogen-bond acceptors (Lipinski definition) is 7. The van der Waals surface area contributed by atoms with Crippen LogP contribution in [0.3, 0.4) is 0 Å². The van der Waals surface area contributed by atoms with Crippen LogP contribution in [0.15, 0.2) is 64.4 Å². The van der Waals surface area contributed by atoms with Crippen molar-refractivity contribution < 1.29 is 13.2 Å². The topological polar surface area (TPSA) is 102 Å². The number of hydrogen-bond donors (Lipinski definition) is 1. The van der Waals surface area contributed by atoms with E-state index in [-0.39, 0.29) is 10.8 Å². The van der Waals surface area contributed by atoms with Crippen LogP contribution < -0.4 is 10.1 Å². The summed E-state index contributed by atoms with van der Waals surface area (Å²) in [5.74, 6) is 1.57. The first-order valence-electron chi connectivity index (χ1n) is 12.2. The summed E-state index contributed by atoms with van der Waals surface area (Å²) in [7, 11) is -2.04. The highest BCUT2D eigenvalue weighted by Crippen LogP contribution is 2.33. The summed E-state index contributed by atoms with van der Waals surface area (Å²) in [4.78, 5) is 9.32. The van der Waals surface area contributed by atoms with E-state index < -0.39 is 10.0 Å². The van der Waals surface area contributed by atoms with Gasteiger partial charge in [0.25, 0.3) is 0 Å². The standard InChI is InChI=1S/C26H29BrN6O3S/c1-3-19-6-7-21(13-24(19)36-2)37(34,35)32-11-8-20(9-12-32)23-14-25(29-16-18-5-4-10-28-15-18)33-26(31-23)22(27)17-30-33/h4-7,10,13-15,17,20,29H,3,8-9,11-12,16H2,1-2H3. The van der Waals surface area contributed by atoms with Crippen LogP contribution in [0.4, 0.5) is 5.82 Å². The molecule has 0 amide bonds. The Hall–Kier alpha value is -3.02. The van der Waals surface area contributed by atoms with E-state index in [2.05, 4.69) is 31.3 Å². The monoisotopic (exact) mass is 584 g/mol. The highest BCUT2D eigenvalue weighted by atomic mass is 79.9. The Kier molecular flexibility index (Phi) is 7.45. The maximum absolute atomic E-state index is 13.4. The van der Waals surface area contributed by atoms with Crippen LogP contribution in [0, 0.1) is 0 Å². The summed E-state index contributed by atoms with van der Waals surface area (Å²) in [6.07, 6.45) is 7.45. The number of pyridine rings is 1. The van der Waals surface area contributed by atoms with Gasteiger partial charge in [-0.2, -0.15) is 13.9 Å². The Morgan fingerprint density at radius 1 is 1.16 bits per heavy atom. The van der Waals surface area contributed by atoms with E-state index >= 15 is 0 Å². The fraction of sp³-hybridized carbons (Fsp3) is 0.346. The first kappa shape index (κ1) is 25.6. The maximum Gasteiger partial charge on any atom is 0.243 e.